The maximum Gasteiger partial charge on any atom is 0.227 e. The van der Waals surface area contributed by atoms with E-state index in [4.69, 9.17) is 11.6 Å². The van der Waals surface area contributed by atoms with Crippen molar-refractivity contribution >= 4 is 40.7 Å². The van der Waals surface area contributed by atoms with Crippen molar-refractivity contribution < 1.29 is 9.59 Å². The van der Waals surface area contributed by atoms with Crippen molar-refractivity contribution in [2.24, 2.45) is 5.41 Å². The summed E-state index contributed by atoms with van der Waals surface area (Å²) in [7, 11) is 0. The van der Waals surface area contributed by atoms with Gasteiger partial charge < -0.3 is 15.1 Å². The minimum atomic E-state index is -0.172. The molecule has 0 atom stereocenters. The highest BCUT2D eigenvalue weighted by atomic mass is 35.5. The second-order valence-corrected chi connectivity index (χ2v) is 10.3. The molecule has 0 unspecified atom stereocenters. The van der Waals surface area contributed by atoms with Gasteiger partial charge in [0.1, 0.15) is 0 Å². The molecule has 2 aliphatic heterocycles. The second-order valence-electron chi connectivity index (χ2n) is 9.93. The van der Waals surface area contributed by atoms with Crippen LogP contribution in [0.25, 0.3) is 22.4 Å². The van der Waals surface area contributed by atoms with Crippen LogP contribution in [0, 0.1) is 5.41 Å². The Hall–Kier alpha value is -4.30. The van der Waals surface area contributed by atoms with Gasteiger partial charge in [0.25, 0.3) is 0 Å². The summed E-state index contributed by atoms with van der Waals surface area (Å²) in [5, 5.41) is 3.65. The van der Waals surface area contributed by atoms with Crippen molar-refractivity contribution in [3.05, 3.63) is 84.3 Å². The van der Waals surface area contributed by atoms with Crippen LogP contribution in [0.5, 0.6) is 0 Å². The number of hydrogen-bond acceptors (Lipinski definition) is 6. The molecule has 4 aromatic rings. The van der Waals surface area contributed by atoms with Crippen molar-refractivity contribution in [3.8, 4) is 22.4 Å². The average molecular weight is 525 g/mol. The normalized spacial score (nSPS) is 16.0. The Bertz CT molecular complexity index is 1540. The van der Waals surface area contributed by atoms with Crippen molar-refractivity contribution in [2.75, 3.05) is 29.9 Å². The van der Waals surface area contributed by atoms with Gasteiger partial charge in [0.2, 0.25) is 17.8 Å². The molecule has 9 heteroatoms. The molecule has 0 saturated carbocycles. The van der Waals surface area contributed by atoms with Crippen LogP contribution in [0.1, 0.15) is 13.3 Å². The summed E-state index contributed by atoms with van der Waals surface area (Å²) in [6, 6.07) is 20.0. The molecule has 2 aromatic heterocycles. The first-order valence-electron chi connectivity index (χ1n) is 12.4. The maximum atomic E-state index is 12.8. The highest BCUT2D eigenvalue weighted by Gasteiger charge is 2.52. The molecule has 8 nitrogen and oxygen atoms in total. The van der Waals surface area contributed by atoms with Crippen LogP contribution < -0.4 is 10.2 Å². The second kappa shape index (κ2) is 9.54. The van der Waals surface area contributed by atoms with E-state index < -0.39 is 0 Å². The molecule has 1 N–H and O–H groups in total. The fraction of sp³-hybridized carbons (Fsp3) is 0.207. The molecular weight excluding hydrogens is 500 g/mol. The molecule has 2 fully saturated rings. The number of carbonyl (C=O) groups excluding carboxylic acids is 2. The highest BCUT2D eigenvalue weighted by molar-refractivity contribution is 6.32. The zero-order valence-corrected chi connectivity index (χ0v) is 21.5. The van der Waals surface area contributed by atoms with E-state index >= 15 is 0 Å². The topological polar surface area (TPSA) is 91.3 Å². The van der Waals surface area contributed by atoms with E-state index in [1.807, 2.05) is 36.4 Å². The van der Waals surface area contributed by atoms with Gasteiger partial charge in [-0.1, -0.05) is 60.1 Å². The lowest BCUT2D eigenvalue weighted by Crippen LogP contribution is -2.59. The number of halogens is 1. The van der Waals surface area contributed by atoms with Crippen molar-refractivity contribution in [1.82, 2.24) is 19.9 Å². The summed E-state index contributed by atoms with van der Waals surface area (Å²) in [6.45, 7) is 3.36. The molecule has 190 valence electrons. The van der Waals surface area contributed by atoms with E-state index in [2.05, 4.69) is 44.5 Å². The van der Waals surface area contributed by atoms with E-state index in [0.29, 0.717) is 54.1 Å². The first-order valence-corrected chi connectivity index (χ1v) is 12.7. The van der Waals surface area contributed by atoms with Gasteiger partial charge in [-0.3, -0.25) is 14.6 Å². The Morgan fingerprint density at radius 1 is 0.947 bits per heavy atom. The third-order valence-corrected chi connectivity index (χ3v) is 7.37. The number of carbonyl (C=O) groups is 2. The minimum absolute atomic E-state index is 0.0375. The number of nitrogens with zero attached hydrogens (tertiary/aromatic N) is 5. The summed E-state index contributed by atoms with van der Waals surface area (Å²) in [4.78, 5) is 41.4. The third kappa shape index (κ3) is 4.59. The van der Waals surface area contributed by atoms with Gasteiger partial charge >= 0.3 is 0 Å². The summed E-state index contributed by atoms with van der Waals surface area (Å²) in [5.41, 5.74) is 4.84. The third-order valence-electron chi connectivity index (χ3n) is 7.10. The molecule has 0 radical (unpaired) electrons. The molecule has 1 spiro atoms. The van der Waals surface area contributed by atoms with Crippen molar-refractivity contribution in [2.45, 2.75) is 13.3 Å². The lowest BCUT2D eigenvalue weighted by molar-refractivity contribution is -0.140. The minimum Gasteiger partial charge on any atom is -0.342 e. The number of hydrogen-bond donors (Lipinski definition) is 1. The van der Waals surface area contributed by atoms with Crippen LogP contribution in [-0.2, 0) is 9.59 Å². The van der Waals surface area contributed by atoms with E-state index in [-0.39, 0.29) is 17.2 Å². The van der Waals surface area contributed by atoms with Gasteiger partial charge in [0, 0.05) is 44.0 Å². The predicted octanol–water partition coefficient (Wildman–Crippen LogP) is 5.19. The summed E-state index contributed by atoms with van der Waals surface area (Å²) < 4.78 is 0. The molecule has 2 saturated heterocycles. The van der Waals surface area contributed by atoms with Gasteiger partial charge in [-0.25, -0.2) is 9.97 Å². The number of pyridine rings is 1. The van der Waals surface area contributed by atoms with Gasteiger partial charge in [-0.2, -0.15) is 0 Å². The average Bonchev–Trinajstić information content (AvgIpc) is 3.27. The standard InChI is InChI=1S/C29H25ClN6O2/c1-19(37)35-16-29(17-35)12-26(38)36(18-29)24-11-23(13-31-14-24)33-28-32-15-25(30)27(34-28)22-9-5-8-21(10-22)20-6-3-2-4-7-20/h2-11,13-15H,12,16-18H2,1H3,(H,32,33,34). The van der Waals surface area contributed by atoms with Crippen LogP contribution in [0.2, 0.25) is 5.02 Å². The largest absolute Gasteiger partial charge is 0.342 e. The molecule has 2 aliphatic rings. The van der Waals surface area contributed by atoms with Crippen LogP contribution >= 0.6 is 11.6 Å². The Balaban J connectivity index is 1.22. The predicted molar refractivity (Wildman–Crippen MR) is 147 cm³/mol. The summed E-state index contributed by atoms with van der Waals surface area (Å²) >= 11 is 6.50. The first kappa shape index (κ1) is 24.1. The number of aromatic nitrogens is 3. The summed E-state index contributed by atoms with van der Waals surface area (Å²) in [5.74, 6) is 0.452. The number of nitrogens with one attached hydrogen (secondary N) is 1. The van der Waals surface area contributed by atoms with E-state index in [1.165, 1.54) is 0 Å². The molecular formula is C29H25ClN6O2. The highest BCUT2D eigenvalue weighted by Crippen LogP contribution is 2.42. The van der Waals surface area contributed by atoms with E-state index in [1.54, 1.807) is 35.3 Å². The number of amides is 2. The molecule has 4 heterocycles. The Morgan fingerprint density at radius 3 is 2.50 bits per heavy atom. The fourth-order valence-corrected chi connectivity index (χ4v) is 5.41. The van der Waals surface area contributed by atoms with Crippen LogP contribution in [0.4, 0.5) is 17.3 Å². The first-order chi connectivity index (χ1) is 18.4. The lowest BCUT2D eigenvalue weighted by atomic mass is 9.79. The van der Waals surface area contributed by atoms with Crippen LogP contribution in [-0.4, -0.2) is 51.3 Å². The molecule has 38 heavy (non-hydrogen) atoms. The Labute approximate surface area is 225 Å². The van der Waals surface area contributed by atoms with Crippen molar-refractivity contribution in [1.29, 1.82) is 0 Å². The Kier molecular flexibility index (Phi) is 6.04. The van der Waals surface area contributed by atoms with Crippen LogP contribution in [0.15, 0.2) is 79.3 Å². The SMILES string of the molecule is CC(=O)N1CC2(CC(=O)N(c3cncc(Nc4ncc(Cl)c(-c5cccc(-c6ccccc6)c5)n4)c3)C2)C1. The monoisotopic (exact) mass is 524 g/mol. The lowest BCUT2D eigenvalue weighted by Gasteiger charge is -2.47. The molecule has 2 amide bonds. The maximum absolute atomic E-state index is 12.8. The van der Waals surface area contributed by atoms with Crippen molar-refractivity contribution in [3.63, 3.8) is 0 Å². The zero-order chi connectivity index (χ0) is 26.3. The van der Waals surface area contributed by atoms with E-state index in [9.17, 15) is 9.59 Å². The molecule has 6 rings (SSSR count). The Morgan fingerprint density at radius 2 is 1.71 bits per heavy atom. The fourth-order valence-electron chi connectivity index (χ4n) is 5.21. The van der Waals surface area contributed by atoms with Gasteiger partial charge in [-0.05, 0) is 23.3 Å². The van der Waals surface area contributed by atoms with Gasteiger partial charge in [0.05, 0.1) is 40.7 Å². The zero-order valence-electron chi connectivity index (χ0n) is 20.8. The number of anilines is 3. The van der Waals surface area contributed by atoms with Gasteiger partial charge in [-0.15, -0.1) is 0 Å². The smallest absolute Gasteiger partial charge is 0.227 e. The molecule has 0 aliphatic carbocycles. The summed E-state index contributed by atoms with van der Waals surface area (Å²) in [6.07, 6.45) is 5.34. The van der Waals surface area contributed by atoms with Crippen LogP contribution in [0.3, 0.4) is 0 Å². The van der Waals surface area contributed by atoms with Gasteiger partial charge in [0.15, 0.2) is 0 Å². The van der Waals surface area contributed by atoms with E-state index in [0.717, 1.165) is 16.7 Å². The molecule has 0 bridgehead atoms. The number of likely N-dealkylation sites (tertiary alicyclic amines) is 1. The molecule has 2 aromatic carbocycles. The number of benzene rings is 2. The quantitative estimate of drug-likeness (QED) is 0.386. The number of rotatable bonds is 5.